The molecule has 0 saturated heterocycles. The zero-order chi connectivity index (χ0) is 19.8. The smallest absolute Gasteiger partial charge is 0.279 e. The lowest BCUT2D eigenvalue weighted by atomic mass is 10.0. The second-order valence-electron chi connectivity index (χ2n) is 6.21. The van der Waals surface area contributed by atoms with Crippen molar-refractivity contribution in [3.63, 3.8) is 0 Å². The molecule has 0 spiro atoms. The van der Waals surface area contributed by atoms with Crippen LogP contribution in [-0.2, 0) is 9.59 Å². The minimum atomic E-state index is -0.996. The Morgan fingerprint density at radius 1 is 0.963 bits per heavy atom. The van der Waals surface area contributed by atoms with E-state index in [9.17, 15) is 14.0 Å². The molecule has 0 radical (unpaired) electrons. The van der Waals surface area contributed by atoms with Gasteiger partial charge < -0.3 is 9.47 Å². The van der Waals surface area contributed by atoms with E-state index in [0.29, 0.717) is 5.75 Å². The molecule has 0 fully saturated rings. The average Bonchev–Trinajstić information content (AvgIpc) is 2.66. The molecular weight excluding hydrogens is 351 g/mol. The molecule has 0 heterocycles. The van der Waals surface area contributed by atoms with Crippen LogP contribution >= 0.6 is 0 Å². The Labute approximate surface area is 157 Å². The highest BCUT2D eigenvalue weighted by atomic mass is 19.1. The molecule has 0 bridgehead atoms. The van der Waals surface area contributed by atoms with Crippen LogP contribution in [0.25, 0.3) is 0 Å². The van der Waals surface area contributed by atoms with E-state index in [0.717, 1.165) is 5.56 Å². The van der Waals surface area contributed by atoms with E-state index in [1.807, 2.05) is 32.0 Å². The van der Waals surface area contributed by atoms with Gasteiger partial charge in [-0.05, 0) is 36.6 Å². The Morgan fingerprint density at radius 3 is 2.26 bits per heavy atom. The monoisotopic (exact) mass is 374 g/mol. The summed E-state index contributed by atoms with van der Waals surface area (Å²) >= 11 is 0. The van der Waals surface area contributed by atoms with Crippen LogP contribution in [0.5, 0.6) is 11.5 Å². The first kappa shape index (κ1) is 20.2. The van der Waals surface area contributed by atoms with Crippen LogP contribution in [0.3, 0.4) is 0 Å². The number of ether oxygens (including phenoxy) is 2. The predicted molar refractivity (Wildman–Crippen MR) is 98.8 cm³/mol. The molecule has 7 heteroatoms. The number of halogens is 1. The number of amides is 2. The molecule has 2 rings (SSSR count). The van der Waals surface area contributed by atoms with Crippen molar-refractivity contribution < 1.29 is 23.5 Å². The van der Waals surface area contributed by atoms with E-state index in [1.54, 1.807) is 12.1 Å². The van der Waals surface area contributed by atoms with E-state index in [2.05, 4.69) is 10.9 Å². The number of rotatable bonds is 7. The highest BCUT2D eigenvalue weighted by Crippen LogP contribution is 2.25. The zero-order valence-corrected chi connectivity index (χ0v) is 15.5. The fourth-order valence-electron chi connectivity index (χ4n) is 2.29. The van der Waals surface area contributed by atoms with Crippen molar-refractivity contribution in [1.82, 2.24) is 10.9 Å². The Morgan fingerprint density at radius 2 is 1.59 bits per heavy atom. The Hall–Kier alpha value is -3.09. The summed E-state index contributed by atoms with van der Waals surface area (Å²) in [5.74, 6) is -0.890. The fourth-order valence-corrected chi connectivity index (χ4v) is 2.29. The Kier molecular flexibility index (Phi) is 7.16. The molecule has 6 nitrogen and oxygen atoms in total. The van der Waals surface area contributed by atoms with Gasteiger partial charge in [-0.25, -0.2) is 4.39 Å². The highest BCUT2D eigenvalue weighted by molar-refractivity contribution is 5.85. The molecule has 0 unspecified atom stereocenters. The number of para-hydroxylation sites is 2. The van der Waals surface area contributed by atoms with E-state index < -0.39 is 23.7 Å². The fraction of sp³-hybridized carbons (Fsp3) is 0.300. The number of hydrogen-bond donors (Lipinski definition) is 2. The lowest BCUT2D eigenvalue weighted by Gasteiger charge is -2.16. The Balaban J connectivity index is 1.80. The van der Waals surface area contributed by atoms with Gasteiger partial charge in [0, 0.05) is 0 Å². The quantitative estimate of drug-likeness (QED) is 0.731. The molecule has 0 aromatic heterocycles. The van der Waals surface area contributed by atoms with Crippen molar-refractivity contribution in [2.45, 2.75) is 32.8 Å². The number of benzene rings is 2. The summed E-state index contributed by atoms with van der Waals surface area (Å²) in [4.78, 5) is 23.9. The van der Waals surface area contributed by atoms with E-state index >= 15 is 0 Å². The summed E-state index contributed by atoms with van der Waals surface area (Å²) < 4.78 is 24.3. The molecule has 2 aromatic carbocycles. The minimum Gasteiger partial charge on any atom is -0.483 e. The number of carbonyl (C=O) groups excluding carboxylic acids is 2. The molecule has 0 saturated carbocycles. The summed E-state index contributed by atoms with van der Waals surface area (Å²) in [6.07, 6.45) is -0.996. The summed E-state index contributed by atoms with van der Waals surface area (Å²) in [6, 6.07) is 13.2. The van der Waals surface area contributed by atoms with E-state index in [1.165, 1.54) is 25.1 Å². The molecule has 0 aliphatic heterocycles. The zero-order valence-electron chi connectivity index (χ0n) is 15.5. The second kappa shape index (κ2) is 9.56. The van der Waals surface area contributed by atoms with Crippen LogP contribution in [0.2, 0.25) is 0 Å². The lowest BCUT2D eigenvalue weighted by Crippen LogP contribution is -2.48. The van der Waals surface area contributed by atoms with Crippen LogP contribution in [0.1, 0.15) is 32.3 Å². The molecule has 27 heavy (non-hydrogen) atoms. The lowest BCUT2D eigenvalue weighted by molar-refractivity contribution is -0.133. The van der Waals surface area contributed by atoms with Gasteiger partial charge in [0.1, 0.15) is 5.75 Å². The normalized spacial score (nSPS) is 11.6. The maximum atomic E-state index is 13.5. The van der Waals surface area contributed by atoms with E-state index in [-0.39, 0.29) is 18.3 Å². The van der Waals surface area contributed by atoms with Gasteiger partial charge in [0.2, 0.25) is 0 Å². The molecule has 1 atom stereocenters. The Bertz CT molecular complexity index is 795. The van der Waals surface area contributed by atoms with Gasteiger partial charge in [-0.1, -0.05) is 44.2 Å². The summed E-state index contributed by atoms with van der Waals surface area (Å²) in [5, 5.41) is 0. The second-order valence-corrected chi connectivity index (χ2v) is 6.21. The molecule has 0 aliphatic carbocycles. The molecule has 2 N–H and O–H groups in total. The van der Waals surface area contributed by atoms with Crippen molar-refractivity contribution in [3.05, 3.63) is 59.9 Å². The van der Waals surface area contributed by atoms with Gasteiger partial charge in [0.15, 0.2) is 24.3 Å². The van der Waals surface area contributed by atoms with Crippen molar-refractivity contribution in [3.8, 4) is 11.5 Å². The molecule has 144 valence electrons. The first-order chi connectivity index (χ1) is 12.9. The van der Waals surface area contributed by atoms with Gasteiger partial charge >= 0.3 is 0 Å². The third-order valence-electron chi connectivity index (χ3n) is 3.73. The van der Waals surface area contributed by atoms with Crippen molar-refractivity contribution in [2.24, 2.45) is 0 Å². The number of nitrogens with one attached hydrogen (secondary N) is 2. The van der Waals surface area contributed by atoms with Crippen LogP contribution in [0.4, 0.5) is 4.39 Å². The number of hydrogen-bond acceptors (Lipinski definition) is 4. The molecule has 2 amide bonds. The maximum absolute atomic E-state index is 13.5. The predicted octanol–water partition coefficient (Wildman–Crippen LogP) is 2.94. The number of carbonyl (C=O) groups is 2. The SMILES string of the molecule is CC(C)c1ccccc1OCC(=O)NNC(=O)[C@H](C)Oc1ccccc1F. The van der Waals surface area contributed by atoms with Crippen LogP contribution in [0, 0.1) is 5.82 Å². The molecule has 2 aromatic rings. The van der Waals surface area contributed by atoms with Crippen LogP contribution in [-0.4, -0.2) is 24.5 Å². The van der Waals surface area contributed by atoms with Crippen LogP contribution in [0.15, 0.2) is 48.5 Å². The number of hydrazine groups is 1. The topological polar surface area (TPSA) is 76.7 Å². The van der Waals surface area contributed by atoms with Crippen LogP contribution < -0.4 is 20.3 Å². The van der Waals surface area contributed by atoms with Gasteiger partial charge in [-0.3, -0.25) is 20.4 Å². The van der Waals surface area contributed by atoms with Gasteiger partial charge in [-0.2, -0.15) is 0 Å². The summed E-state index contributed by atoms with van der Waals surface area (Å²) in [7, 11) is 0. The molecular formula is C20H23FN2O4. The third-order valence-corrected chi connectivity index (χ3v) is 3.73. The molecule has 0 aliphatic rings. The first-order valence-electron chi connectivity index (χ1n) is 8.60. The van der Waals surface area contributed by atoms with Crippen molar-refractivity contribution >= 4 is 11.8 Å². The third kappa shape index (κ3) is 5.99. The minimum absolute atomic E-state index is 0.0416. The summed E-state index contributed by atoms with van der Waals surface area (Å²) in [5.41, 5.74) is 5.46. The van der Waals surface area contributed by atoms with Gasteiger partial charge in [0.25, 0.3) is 11.8 Å². The maximum Gasteiger partial charge on any atom is 0.279 e. The largest absolute Gasteiger partial charge is 0.483 e. The highest BCUT2D eigenvalue weighted by Gasteiger charge is 2.17. The standard InChI is InChI=1S/C20H23FN2O4/c1-13(2)15-8-4-6-10-17(15)26-12-19(24)22-23-20(25)14(3)27-18-11-7-5-9-16(18)21/h4-11,13-14H,12H2,1-3H3,(H,22,24)(H,23,25)/t14-/m0/s1. The van der Waals surface area contributed by atoms with Crippen molar-refractivity contribution in [2.75, 3.05) is 6.61 Å². The van der Waals surface area contributed by atoms with E-state index in [4.69, 9.17) is 9.47 Å². The summed E-state index contributed by atoms with van der Waals surface area (Å²) in [6.45, 7) is 5.24. The van der Waals surface area contributed by atoms with Gasteiger partial charge in [0.05, 0.1) is 0 Å². The van der Waals surface area contributed by atoms with Gasteiger partial charge in [-0.15, -0.1) is 0 Å². The average molecular weight is 374 g/mol. The first-order valence-corrected chi connectivity index (χ1v) is 8.60. The van der Waals surface area contributed by atoms with Crippen molar-refractivity contribution in [1.29, 1.82) is 0 Å².